The zero-order chi connectivity index (χ0) is 21.2. The lowest BCUT2D eigenvalue weighted by Crippen LogP contribution is -2.51. The smallest absolute Gasteiger partial charge is 0.237 e. The summed E-state index contributed by atoms with van der Waals surface area (Å²) in [6.45, 7) is 0. The van der Waals surface area contributed by atoms with Crippen LogP contribution in [0.5, 0.6) is 0 Å². The second-order valence-electron chi connectivity index (χ2n) is 8.10. The van der Waals surface area contributed by atoms with Crippen molar-refractivity contribution in [1.82, 2.24) is 0 Å². The van der Waals surface area contributed by atoms with Gasteiger partial charge in [0, 0.05) is 23.7 Å². The number of nitrogens with zero attached hydrogens (tertiary/aromatic N) is 2. The van der Waals surface area contributed by atoms with Gasteiger partial charge in [-0.1, -0.05) is 0 Å². The van der Waals surface area contributed by atoms with E-state index in [1.54, 1.807) is 48.5 Å². The summed E-state index contributed by atoms with van der Waals surface area (Å²) in [5, 5.41) is 0. The van der Waals surface area contributed by atoms with E-state index >= 15 is 0 Å². The number of anilines is 4. The SMILES string of the molecule is Nc1ccc(N2C(=O)C3CC(C2=O)C2C(=O)N(c4ccc(N)cc4)C(=O)CC32)cc1. The van der Waals surface area contributed by atoms with Gasteiger partial charge in [0.05, 0.1) is 23.2 Å². The fraction of sp³-hybridized carbons (Fsp3) is 0.273. The molecule has 5 rings (SSSR count). The van der Waals surface area contributed by atoms with Crippen LogP contribution in [-0.4, -0.2) is 23.6 Å². The molecule has 2 aliphatic heterocycles. The molecule has 0 aromatic heterocycles. The Morgan fingerprint density at radius 2 is 1.17 bits per heavy atom. The van der Waals surface area contributed by atoms with Crippen LogP contribution < -0.4 is 21.3 Å². The van der Waals surface area contributed by atoms with Crippen molar-refractivity contribution in [1.29, 1.82) is 0 Å². The Bertz CT molecular complexity index is 1080. The zero-order valence-electron chi connectivity index (χ0n) is 16.0. The summed E-state index contributed by atoms with van der Waals surface area (Å²) in [7, 11) is 0. The third-order valence-corrected chi connectivity index (χ3v) is 6.46. The molecule has 4 N–H and O–H groups in total. The Balaban J connectivity index is 1.52. The van der Waals surface area contributed by atoms with Crippen LogP contribution in [-0.2, 0) is 19.2 Å². The summed E-state index contributed by atoms with van der Waals surface area (Å²) in [5.41, 5.74) is 13.3. The average Bonchev–Trinajstić information content (AvgIpc) is 3.06. The Morgan fingerprint density at radius 3 is 1.73 bits per heavy atom. The highest BCUT2D eigenvalue weighted by molar-refractivity contribution is 6.24. The molecule has 152 valence electrons. The number of hydrogen-bond donors (Lipinski definition) is 2. The number of nitrogens with two attached hydrogens (primary N) is 2. The Labute approximate surface area is 172 Å². The minimum atomic E-state index is -0.694. The van der Waals surface area contributed by atoms with Gasteiger partial charge in [0.2, 0.25) is 23.6 Å². The molecular weight excluding hydrogens is 384 g/mol. The normalized spacial score (nSPS) is 28.1. The largest absolute Gasteiger partial charge is 0.399 e. The van der Waals surface area contributed by atoms with Crippen LogP contribution in [0.25, 0.3) is 0 Å². The van der Waals surface area contributed by atoms with E-state index in [4.69, 9.17) is 11.5 Å². The van der Waals surface area contributed by atoms with Gasteiger partial charge in [-0.25, -0.2) is 0 Å². The molecule has 3 fully saturated rings. The molecule has 0 radical (unpaired) electrons. The number of hydrogen-bond acceptors (Lipinski definition) is 6. The summed E-state index contributed by atoms with van der Waals surface area (Å²) in [4.78, 5) is 54.9. The molecule has 30 heavy (non-hydrogen) atoms. The van der Waals surface area contributed by atoms with Crippen LogP contribution in [0.3, 0.4) is 0 Å². The van der Waals surface area contributed by atoms with Crippen LogP contribution in [0.4, 0.5) is 22.7 Å². The fourth-order valence-electron chi connectivity index (χ4n) is 5.08. The highest BCUT2D eigenvalue weighted by Crippen LogP contribution is 2.52. The molecule has 0 spiro atoms. The van der Waals surface area contributed by atoms with Crippen LogP contribution >= 0.6 is 0 Å². The second kappa shape index (κ2) is 6.41. The van der Waals surface area contributed by atoms with Gasteiger partial charge in [-0.3, -0.25) is 29.0 Å². The lowest BCUT2D eigenvalue weighted by Gasteiger charge is -2.34. The van der Waals surface area contributed by atoms with Gasteiger partial charge in [0.25, 0.3) is 0 Å². The number of amides is 4. The molecule has 1 aliphatic carbocycles. The maximum atomic E-state index is 13.4. The van der Waals surface area contributed by atoms with Crippen LogP contribution in [0.2, 0.25) is 0 Å². The summed E-state index contributed by atoms with van der Waals surface area (Å²) in [6.07, 6.45) is 0.351. The standard InChI is InChI=1S/C22H20N4O4/c23-11-1-5-13(6-2-11)25-18(27)10-15-16-9-17(19(15)22(25)30)21(29)26(20(16)28)14-7-3-12(24)4-8-14/h1-8,15-17,19H,9-10,23-24H2. The third kappa shape index (κ3) is 2.53. The molecule has 4 atom stereocenters. The van der Waals surface area contributed by atoms with E-state index in [0.29, 0.717) is 29.2 Å². The van der Waals surface area contributed by atoms with Gasteiger partial charge in [-0.15, -0.1) is 0 Å². The number of nitrogen functional groups attached to an aromatic ring is 2. The van der Waals surface area contributed by atoms with Gasteiger partial charge in [-0.05, 0) is 60.9 Å². The van der Waals surface area contributed by atoms with E-state index in [9.17, 15) is 19.2 Å². The molecule has 2 bridgehead atoms. The first-order valence-corrected chi connectivity index (χ1v) is 9.82. The Morgan fingerprint density at radius 1 is 0.667 bits per heavy atom. The lowest BCUT2D eigenvalue weighted by atomic mass is 9.80. The summed E-state index contributed by atoms with van der Waals surface area (Å²) < 4.78 is 0. The number of fused-ring (bicyclic) bond motifs is 5. The molecule has 1 saturated carbocycles. The molecule has 2 saturated heterocycles. The number of piperidine rings is 2. The van der Waals surface area contributed by atoms with Gasteiger partial charge in [0.1, 0.15) is 0 Å². The quantitative estimate of drug-likeness (QED) is 0.578. The second-order valence-corrected chi connectivity index (χ2v) is 8.10. The first-order valence-electron chi connectivity index (χ1n) is 9.82. The number of rotatable bonds is 2. The Kier molecular flexibility index (Phi) is 3.92. The molecule has 4 unspecified atom stereocenters. The molecule has 2 aromatic rings. The monoisotopic (exact) mass is 404 g/mol. The van der Waals surface area contributed by atoms with E-state index in [-0.39, 0.29) is 18.2 Å². The van der Waals surface area contributed by atoms with Gasteiger partial charge >= 0.3 is 0 Å². The first kappa shape index (κ1) is 18.4. The zero-order valence-corrected chi connectivity index (χ0v) is 16.0. The number of carbonyl (C=O) groups excluding carboxylic acids is 4. The van der Waals surface area contributed by atoms with Crippen LogP contribution in [0.15, 0.2) is 48.5 Å². The van der Waals surface area contributed by atoms with E-state index in [0.717, 1.165) is 9.80 Å². The van der Waals surface area contributed by atoms with Crippen molar-refractivity contribution in [3.63, 3.8) is 0 Å². The van der Waals surface area contributed by atoms with Crippen molar-refractivity contribution in [2.24, 2.45) is 23.7 Å². The first-order chi connectivity index (χ1) is 14.4. The van der Waals surface area contributed by atoms with Crippen molar-refractivity contribution < 1.29 is 19.2 Å². The molecule has 2 aromatic carbocycles. The van der Waals surface area contributed by atoms with E-state index in [1.807, 2.05) is 0 Å². The van der Waals surface area contributed by atoms with Crippen LogP contribution in [0.1, 0.15) is 12.8 Å². The number of carbonyl (C=O) groups is 4. The number of benzene rings is 2. The summed E-state index contributed by atoms with van der Waals surface area (Å²) in [5.74, 6) is -3.85. The molecule has 3 aliphatic rings. The predicted octanol–water partition coefficient (Wildman–Crippen LogP) is 1.56. The summed E-state index contributed by atoms with van der Waals surface area (Å²) >= 11 is 0. The minimum absolute atomic E-state index is 0.0521. The van der Waals surface area contributed by atoms with E-state index in [2.05, 4.69) is 0 Å². The highest BCUT2D eigenvalue weighted by Gasteiger charge is 2.62. The molecule has 2 heterocycles. The van der Waals surface area contributed by atoms with Gasteiger partial charge in [0.15, 0.2) is 0 Å². The highest BCUT2D eigenvalue weighted by atomic mass is 16.2. The maximum absolute atomic E-state index is 13.4. The van der Waals surface area contributed by atoms with Crippen molar-refractivity contribution >= 4 is 46.4 Å². The fourth-order valence-corrected chi connectivity index (χ4v) is 5.08. The van der Waals surface area contributed by atoms with Gasteiger partial charge < -0.3 is 11.5 Å². The topological polar surface area (TPSA) is 127 Å². The average molecular weight is 404 g/mol. The van der Waals surface area contributed by atoms with Gasteiger partial charge in [-0.2, -0.15) is 0 Å². The van der Waals surface area contributed by atoms with Crippen molar-refractivity contribution in [3.05, 3.63) is 48.5 Å². The Hall–Kier alpha value is -3.68. The molecule has 8 nitrogen and oxygen atoms in total. The predicted molar refractivity (Wildman–Crippen MR) is 110 cm³/mol. The molecular formula is C22H20N4O4. The molecule has 8 heteroatoms. The van der Waals surface area contributed by atoms with Crippen molar-refractivity contribution in [2.45, 2.75) is 12.8 Å². The van der Waals surface area contributed by atoms with Crippen LogP contribution in [0, 0.1) is 23.7 Å². The number of imide groups is 2. The van der Waals surface area contributed by atoms with E-state index < -0.39 is 35.5 Å². The minimum Gasteiger partial charge on any atom is -0.399 e. The third-order valence-electron chi connectivity index (χ3n) is 6.46. The van der Waals surface area contributed by atoms with E-state index in [1.165, 1.54) is 0 Å². The summed E-state index contributed by atoms with van der Waals surface area (Å²) in [6, 6.07) is 12.9. The maximum Gasteiger partial charge on any atom is 0.237 e. The van der Waals surface area contributed by atoms with Crippen molar-refractivity contribution in [3.8, 4) is 0 Å². The molecule has 4 amide bonds. The lowest BCUT2D eigenvalue weighted by molar-refractivity contribution is -0.138. The van der Waals surface area contributed by atoms with Crippen molar-refractivity contribution in [2.75, 3.05) is 21.3 Å².